The number of nitrogens with one attached hydrogen (secondary N) is 1. The molecule has 1 rings (SSSR count). The Hall–Kier alpha value is -0.0100. The van der Waals surface area contributed by atoms with Gasteiger partial charge < -0.3 is 0 Å². The van der Waals surface area contributed by atoms with Crippen LogP contribution in [-0.4, -0.2) is 42.7 Å². The van der Waals surface area contributed by atoms with Gasteiger partial charge in [-0.05, 0) is 0 Å². The van der Waals surface area contributed by atoms with Crippen LogP contribution in [0.5, 0.6) is 0 Å². The molecule has 1 aromatic rings. The van der Waals surface area contributed by atoms with Crippen molar-refractivity contribution in [3.8, 4) is 0 Å². The van der Waals surface area contributed by atoms with Crippen LogP contribution < -0.4 is 17.1 Å². The first kappa shape index (κ1) is 12.0. The van der Waals surface area contributed by atoms with Gasteiger partial charge in [0.15, 0.2) is 0 Å². The monoisotopic (exact) mass is 222 g/mol. The van der Waals surface area contributed by atoms with Gasteiger partial charge in [0, 0.05) is 23.6 Å². The molecule has 1 aromatic heterocycles. The van der Waals surface area contributed by atoms with Crippen LogP contribution in [0, 0.1) is 0 Å². The Morgan fingerprint density at radius 1 is 1.08 bits per heavy atom. The average Bonchev–Trinajstić information content (AvgIpc) is 1.97. The summed E-state index contributed by atoms with van der Waals surface area (Å²) in [4.78, 5) is 33.4. The number of aromatic amines is 1. The van der Waals surface area contributed by atoms with Crippen LogP contribution in [-0.2, 0) is 0 Å². The number of aromatic nitrogens is 3. The zero-order valence-electron chi connectivity index (χ0n) is 5.88. The summed E-state index contributed by atoms with van der Waals surface area (Å²) >= 11 is 10.1. The normalized spacial score (nSPS) is 9.17. The zero-order chi connectivity index (χ0) is 8.59. The molecule has 0 amide bonds. The van der Waals surface area contributed by atoms with Gasteiger partial charge in [0.2, 0.25) is 0 Å². The molecular weight excluding hydrogens is 220 g/mol. The predicted molar refractivity (Wildman–Crippen MR) is 46.3 cm³/mol. The number of rotatable bonds is 0. The summed E-state index contributed by atoms with van der Waals surface area (Å²) in [5, 5.41) is 0. The Kier molecular flexibility index (Phi) is 4.29. The fourth-order valence-electron chi connectivity index (χ4n) is 0.440. The topological polar surface area (TPSA) is 76.9 Å². The molecule has 0 unspecified atom stereocenters. The standard InChI is InChI=1S/C3HCl2N3O3.Na.H/c4-7-1(9)6-2(10)8(5)3(7)11;;/h(H,6,9,10);;/p+1. The number of halogens is 2. The predicted octanol–water partition coefficient (Wildman–Crippen LogP) is -1.83. The van der Waals surface area contributed by atoms with Crippen LogP contribution >= 0.6 is 23.6 Å². The van der Waals surface area contributed by atoms with Crippen molar-refractivity contribution in [3.05, 3.63) is 31.5 Å². The van der Waals surface area contributed by atoms with Crippen molar-refractivity contribution in [3.63, 3.8) is 0 Å². The van der Waals surface area contributed by atoms with Crippen molar-refractivity contribution in [1.82, 2.24) is 13.2 Å². The van der Waals surface area contributed by atoms with Gasteiger partial charge in [-0.3, -0.25) is 4.98 Å². The second-order valence-electron chi connectivity index (χ2n) is 1.58. The van der Waals surface area contributed by atoms with Crippen molar-refractivity contribution in [2.75, 3.05) is 0 Å². The molecule has 0 aromatic carbocycles. The summed E-state index contributed by atoms with van der Waals surface area (Å²) in [5.41, 5.74) is -3.13. The molecule has 0 radical (unpaired) electrons. The van der Waals surface area contributed by atoms with Crippen molar-refractivity contribution in [1.29, 1.82) is 0 Å². The van der Waals surface area contributed by atoms with Crippen LogP contribution in [0.1, 0.15) is 1.43 Å². The first-order valence-electron chi connectivity index (χ1n) is 2.34. The quantitative estimate of drug-likeness (QED) is 0.525. The number of hydrogen-bond donors (Lipinski definition) is 1. The van der Waals surface area contributed by atoms with Crippen molar-refractivity contribution >= 4 is 53.1 Å². The Morgan fingerprint density at radius 2 is 1.42 bits per heavy atom. The van der Waals surface area contributed by atoms with Gasteiger partial charge in [-0.25, -0.2) is 14.4 Å². The number of H-pyrrole nitrogens is 1. The molecule has 6 nitrogen and oxygen atoms in total. The Morgan fingerprint density at radius 3 is 1.75 bits per heavy atom. The third kappa shape index (κ3) is 2.02. The molecule has 0 saturated carbocycles. The molecule has 0 aliphatic carbocycles. The van der Waals surface area contributed by atoms with Gasteiger partial charge in [0.1, 0.15) is 0 Å². The van der Waals surface area contributed by atoms with Gasteiger partial charge in [-0.15, -0.1) is 8.17 Å². The van der Waals surface area contributed by atoms with E-state index in [1.807, 2.05) is 0 Å². The first-order chi connectivity index (χ1) is 5.04. The van der Waals surface area contributed by atoms with E-state index in [-0.39, 0.29) is 39.2 Å². The van der Waals surface area contributed by atoms with Crippen molar-refractivity contribution in [2.45, 2.75) is 0 Å². The van der Waals surface area contributed by atoms with E-state index < -0.39 is 17.1 Å². The van der Waals surface area contributed by atoms with Crippen LogP contribution in [0.2, 0.25) is 0 Å². The van der Waals surface area contributed by atoms with Crippen LogP contribution in [0.25, 0.3) is 0 Å². The molecule has 0 aliphatic rings. The first-order valence-corrected chi connectivity index (χ1v) is 3.02. The summed E-state index contributed by atoms with van der Waals surface area (Å²) < 4.78 is 0.322. The van der Waals surface area contributed by atoms with Crippen molar-refractivity contribution < 1.29 is 1.43 Å². The molecule has 0 fully saturated rings. The van der Waals surface area contributed by atoms with Gasteiger partial charge in [0.25, 0.3) is 0 Å². The maximum absolute atomic E-state index is 10.7. The van der Waals surface area contributed by atoms with Gasteiger partial charge in [-0.1, -0.05) is 0 Å². The molecule has 0 saturated heterocycles. The third-order valence-corrected chi connectivity index (χ3v) is 1.50. The molecule has 0 aliphatic heterocycles. The van der Waals surface area contributed by atoms with E-state index in [1.54, 1.807) is 4.98 Å². The average molecular weight is 223 g/mol. The molecule has 9 heteroatoms. The maximum atomic E-state index is 10.7. The van der Waals surface area contributed by atoms with Crippen molar-refractivity contribution in [2.24, 2.45) is 0 Å². The summed E-state index contributed by atoms with van der Waals surface area (Å²) in [7, 11) is 0. The fourth-order valence-corrected chi connectivity index (χ4v) is 0.715. The minimum atomic E-state index is -1.10. The van der Waals surface area contributed by atoms with Crippen LogP contribution in [0.4, 0.5) is 0 Å². The second-order valence-corrected chi connectivity index (χ2v) is 2.26. The Bertz CT molecular complexity index is 413. The molecule has 0 bridgehead atoms. The second kappa shape index (κ2) is 4.29. The van der Waals surface area contributed by atoms with Gasteiger partial charge in [-0.2, -0.15) is 0 Å². The summed E-state index contributed by atoms with van der Waals surface area (Å²) in [6.07, 6.45) is 0. The minimum absolute atomic E-state index is 0. The zero-order valence-corrected chi connectivity index (χ0v) is 6.39. The molecule has 1 N–H and O–H groups in total. The summed E-state index contributed by atoms with van der Waals surface area (Å²) in [6, 6.07) is 0. The van der Waals surface area contributed by atoms with E-state index in [9.17, 15) is 14.4 Å². The van der Waals surface area contributed by atoms with E-state index in [0.717, 1.165) is 0 Å². The molecule has 1 heterocycles. The molecule has 62 valence electrons. The van der Waals surface area contributed by atoms with Gasteiger partial charge in [0.05, 0.1) is 0 Å². The molecular formula is C3H3Cl2N3NaO3+. The van der Waals surface area contributed by atoms with E-state index in [1.165, 1.54) is 0 Å². The van der Waals surface area contributed by atoms with E-state index in [4.69, 9.17) is 23.6 Å². The van der Waals surface area contributed by atoms with Crippen LogP contribution in [0.15, 0.2) is 14.4 Å². The SMILES string of the molecule is O=c1[nH]c(=O)n(Cl)c(=O)n1Cl.[H+].[NaH]. The Balaban J connectivity index is 0. The molecule has 0 spiro atoms. The van der Waals surface area contributed by atoms with E-state index in [2.05, 4.69) is 0 Å². The Labute approximate surface area is 98.7 Å². The van der Waals surface area contributed by atoms with E-state index in [0.29, 0.717) is 0 Å². The molecule has 0 atom stereocenters. The summed E-state index contributed by atoms with van der Waals surface area (Å²) in [5.74, 6) is 0. The van der Waals surface area contributed by atoms with Gasteiger partial charge >= 0.3 is 48.1 Å². The third-order valence-electron chi connectivity index (χ3n) is 0.906. The fraction of sp³-hybridized carbons (Fsp3) is 0. The van der Waals surface area contributed by atoms with E-state index >= 15 is 0 Å². The molecule has 12 heavy (non-hydrogen) atoms. The van der Waals surface area contributed by atoms with Crippen LogP contribution in [0.3, 0.4) is 0 Å². The number of hydrogen-bond acceptors (Lipinski definition) is 3. The number of nitrogens with zero attached hydrogens (tertiary/aromatic N) is 2. The summed E-state index contributed by atoms with van der Waals surface area (Å²) in [6.45, 7) is 0.